The van der Waals surface area contributed by atoms with Crippen LogP contribution in [-0.4, -0.2) is 9.55 Å². The average molecular weight is 245 g/mol. The lowest BCUT2D eigenvalue weighted by Gasteiger charge is -2.01. The molecule has 0 saturated carbocycles. The SMILES string of the molecule is Cc1c[nH]c(=S)n1Cc1ccc(Cl)s1. The number of aromatic amines is 1. The second-order valence-corrected chi connectivity index (χ2v) is 5.21. The quantitative estimate of drug-likeness (QED) is 0.801. The maximum Gasteiger partial charge on any atom is 0.177 e. The zero-order chi connectivity index (χ0) is 10.1. The predicted molar refractivity (Wildman–Crippen MR) is 62.8 cm³/mol. The molecule has 0 amide bonds. The monoisotopic (exact) mass is 244 g/mol. The summed E-state index contributed by atoms with van der Waals surface area (Å²) in [7, 11) is 0. The molecule has 0 radical (unpaired) electrons. The van der Waals surface area contributed by atoms with Crippen molar-refractivity contribution >= 4 is 35.2 Å². The summed E-state index contributed by atoms with van der Waals surface area (Å²) in [5.41, 5.74) is 1.14. The first kappa shape index (κ1) is 9.96. The number of hydrogen-bond acceptors (Lipinski definition) is 2. The van der Waals surface area contributed by atoms with Gasteiger partial charge in [0.1, 0.15) is 0 Å². The van der Waals surface area contributed by atoms with Crippen LogP contribution in [0.25, 0.3) is 0 Å². The number of halogens is 1. The van der Waals surface area contributed by atoms with Crippen LogP contribution < -0.4 is 0 Å². The van der Waals surface area contributed by atoms with E-state index in [0.29, 0.717) is 0 Å². The van der Waals surface area contributed by atoms with Gasteiger partial charge in [-0.15, -0.1) is 11.3 Å². The van der Waals surface area contributed by atoms with Gasteiger partial charge >= 0.3 is 0 Å². The molecule has 2 aromatic heterocycles. The Labute approximate surface area is 96.2 Å². The molecule has 5 heteroatoms. The molecule has 0 atom stereocenters. The van der Waals surface area contributed by atoms with E-state index in [0.717, 1.165) is 21.3 Å². The summed E-state index contributed by atoms with van der Waals surface area (Å²) in [4.78, 5) is 4.23. The lowest BCUT2D eigenvalue weighted by Crippen LogP contribution is -1.99. The molecule has 0 spiro atoms. The Morgan fingerprint density at radius 2 is 2.36 bits per heavy atom. The molecule has 0 saturated heterocycles. The van der Waals surface area contributed by atoms with Gasteiger partial charge in [0, 0.05) is 16.8 Å². The Morgan fingerprint density at radius 3 is 2.86 bits per heavy atom. The van der Waals surface area contributed by atoms with E-state index in [1.165, 1.54) is 4.88 Å². The van der Waals surface area contributed by atoms with Gasteiger partial charge < -0.3 is 9.55 Å². The van der Waals surface area contributed by atoms with Crippen LogP contribution >= 0.6 is 35.2 Å². The lowest BCUT2D eigenvalue weighted by atomic mass is 10.4. The average Bonchev–Trinajstić information content (AvgIpc) is 2.67. The van der Waals surface area contributed by atoms with Crippen molar-refractivity contribution < 1.29 is 0 Å². The summed E-state index contributed by atoms with van der Waals surface area (Å²) in [5, 5.41) is 0. The van der Waals surface area contributed by atoms with Crippen molar-refractivity contribution in [1.29, 1.82) is 0 Å². The van der Waals surface area contributed by atoms with Crippen LogP contribution in [0.5, 0.6) is 0 Å². The van der Waals surface area contributed by atoms with Crippen LogP contribution in [0.15, 0.2) is 18.3 Å². The van der Waals surface area contributed by atoms with E-state index in [4.69, 9.17) is 23.8 Å². The van der Waals surface area contributed by atoms with E-state index in [1.54, 1.807) is 11.3 Å². The third-order valence-electron chi connectivity index (χ3n) is 2.02. The molecule has 14 heavy (non-hydrogen) atoms. The van der Waals surface area contributed by atoms with Crippen LogP contribution in [0.4, 0.5) is 0 Å². The number of aromatic nitrogens is 2. The fourth-order valence-corrected chi connectivity index (χ4v) is 2.62. The number of aryl methyl sites for hydroxylation is 1. The lowest BCUT2D eigenvalue weighted by molar-refractivity contribution is 0.768. The predicted octanol–water partition coefficient (Wildman–Crippen LogP) is 3.62. The Balaban J connectivity index is 2.31. The van der Waals surface area contributed by atoms with Gasteiger partial charge in [-0.05, 0) is 31.3 Å². The number of thiophene rings is 1. The zero-order valence-corrected chi connectivity index (χ0v) is 9.97. The number of nitrogens with zero attached hydrogens (tertiary/aromatic N) is 1. The first-order valence-electron chi connectivity index (χ1n) is 4.16. The Bertz CT molecular complexity index is 495. The van der Waals surface area contributed by atoms with E-state index < -0.39 is 0 Å². The number of rotatable bonds is 2. The van der Waals surface area contributed by atoms with Crippen LogP contribution in [0.2, 0.25) is 4.34 Å². The summed E-state index contributed by atoms with van der Waals surface area (Å²) < 4.78 is 3.63. The van der Waals surface area contributed by atoms with E-state index in [9.17, 15) is 0 Å². The number of imidazole rings is 1. The summed E-state index contributed by atoms with van der Waals surface area (Å²) in [6.07, 6.45) is 1.91. The Morgan fingerprint density at radius 1 is 1.57 bits per heavy atom. The minimum absolute atomic E-state index is 0.757. The molecule has 0 fully saturated rings. The minimum atomic E-state index is 0.757. The molecule has 0 aliphatic heterocycles. The molecule has 2 nitrogen and oxygen atoms in total. The normalized spacial score (nSPS) is 10.7. The number of H-pyrrole nitrogens is 1. The molecule has 0 aliphatic carbocycles. The smallest absolute Gasteiger partial charge is 0.177 e. The fraction of sp³-hybridized carbons (Fsp3) is 0.222. The molecule has 0 aromatic carbocycles. The standard InChI is InChI=1S/C9H9ClN2S2/c1-6-4-11-9(13)12(6)5-7-2-3-8(10)14-7/h2-4H,5H2,1H3,(H,11,13). The van der Waals surface area contributed by atoms with Gasteiger partial charge in [-0.2, -0.15) is 0 Å². The van der Waals surface area contributed by atoms with Crippen molar-refractivity contribution in [3.63, 3.8) is 0 Å². The summed E-state index contributed by atoms with van der Waals surface area (Å²) in [6, 6.07) is 3.94. The third-order valence-corrected chi connectivity index (χ3v) is 3.57. The van der Waals surface area contributed by atoms with Crippen molar-refractivity contribution in [3.05, 3.63) is 38.0 Å². The van der Waals surface area contributed by atoms with Gasteiger partial charge in [0.25, 0.3) is 0 Å². The van der Waals surface area contributed by atoms with Crippen molar-refractivity contribution in [2.75, 3.05) is 0 Å². The van der Waals surface area contributed by atoms with Crippen LogP contribution in [0, 0.1) is 11.7 Å². The first-order chi connectivity index (χ1) is 6.66. The van der Waals surface area contributed by atoms with E-state index in [-0.39, 0.29) is 0 Å². The molecule has 1 N–H and O–H groups in total. The van der Waals surface area contributed by atoms with Crippen molar-refractivity contribution in [1.82, 2.24) is 9.55 Å². The second-order valence-electron chi connectivity index (χ2n) is 3.03. The molecule has 0 bridgehead atoms. The van der Waals surface area contributed by atoms with Crippen molar-refractivity contribution in [2.45, 2.75) is 13.5 Å². The highest BCUT2D eigenvalue weighted by atomic mass is 35.5. The fourth-order valence-electron chi connectivity index (χ4n) is 1.27. The summed E-state index contributed by atoms with van der Waals surface area (Å²) in [5.74, 6) is 0. The zero-order valence-electron chi connectivity index (χ0n) is 7.58. The molecule has 0 unspecified atom stereocenters. The first-order valence-corrected chi connectivity index (χ1v) is 5.76. The highest BCUT2D eigenvalue weighted by molar-refractivity contribution is 7.71. The molecular weight excluding hydrogens is 236 g/mol. The molecule has 74 valence electrons. The van der Waals surface area contributed by atoms with E-state index >= 15 is 0 Å². The highest BCUT2D eigenvalue weighted by Gasteiger charge is 2.02. The van der Waals surface area contributed by atoms with Crippen molar-refractivity contribution in [2.24, 2.45) is 0 Å². The number of hydrogen-bond donors (Lipinski definition) is 1. The van der Waals surface area contributed by atoms with E-state index in [2.05, 4.69) is 9.55 Å². The maximum absolute atomic E-state index is 5.86. The molecular formula is C9H9ClN2S2. The minimum Gasteiger partial charge on any atom is -0.337 e. The van der Waals surface area contributed by atoms with Gasteiger partial charge in [0.15, 0.2) is 4.77 Å². The van der Waals surface area contributed by atoms with E-state index in [1.807, 2.05) is 25.3 Å². The topological polar surface area (TPSA) is 20.7 Å². The Kier molecular flexibility index (Phi) is 2.76. The summed E-state index contributed by atoms with van der Waals surface area (Å²) >= 11 is 12.6. The van der Waals surface area contributed by atoms with Gasteiger partial charge in [0.05, 0.1) is 10.9 Å². The number of nitrogens with one attached hydrogen (secondary N) is 1. The Hall–Kier alpha value is -0.580. The van der Waals surface area contributed by atoms with Crippen LogP contribution in [-0.2, 0) is 6.54 Å². The highest BCUT2D eigenvalue weighted by Crippen LogP contribution is 2.22. The molecule has 0 aliphatic rings. The van der Waals surface area contributed by atoms with Crippen molar-refractivity contribution in [3.8, 4) is 0 Å². The maximum atomic E-state index is 5.86. The summed E-state index contributed by atoms with van der Waals surface area (Å²) in [6.45, 7) is 2.83. The van der Waals surface area contributed by atoms with Gasteiger partial charge in [-0.25, -0.2) is 0 Å². The largest absolute Gasteiger partial charge is 0.337 e. The third kappa shape index (κ3) is 1.92. The van der Waals surface area contributed by atoms with Crippen LogP contribution in [0.1, 0.15) is 10.6 Å². The molecule has 2 rings (SSSR count). The molecule has 2 aromatic rings. The van der Waals surface area contributed by atoms with Crippen LogP contribution in [0.3, 0.4) is 0 Å². The van der Waals surface area contributed by atoms with Gasteiger partial charge in [0.2, 0.25) is 0 Å². The van der Waals surface area contributed by atoms with Gasteiger partial charge in [-0.1, -0.05) is 11.6 Å². The molecule has 2 heterocycles. The van der Waals surface area contributed by atoms with Gasteiger partial charge in [-0.3, -0.25) is 0 Å². The second kappa shape index (κ2) is 3.88.